The lowest BCUT2D eigenvalue weighted by molar-refractivity contribution is 0.0375. The van der Waals surface area contributed by atoms with E-state index >= 15 is 0 Å². The molecule has 1 fully saturated rings. The maximum Gasteiger partial charge on any atom is 0.328 e. The molecule has 0 bridgehead atoms. The molecule has 0 aliphatic carbocycles. The Morgan fingerprint density at radius 2 is 1.88 bits per heavy atom. The largest absolute Gasteiger partial charge is 0.426 e. The van der Waals surface area contributed by atoms with Crippen molar-refractivity contribution in [2.45, 2.75) is 46.5 Å². The highest BCUT2D eigenvalue weighted by atomic mass is 16.5. The number of anilines is 1. The topological polar surface area (TPSA) is 35.2 Å². The minimum Gasteiger partial charge on any atom is -0.426 e. The lowest BCUT2D eigenvalue weighted by Gasteiger charge is -2.34. The monoisotopic (exact) mass is 231 g/mol. The van der Waals surface area contributed by atoms with Gasteiger partial charge >= 0.3 is 6.92 Å². The van der Waals surface area contributed by atoms with E-state index in [2.05, 4.69) is 46.8 Å². The average Bonchev–Trinajstić information content (AvgIpc) is 2.40. The first-order valence-corrected chi connectivity index (χ1v) is 6.27. The average molecular weight is 231 g/mol. The van der Waals surface area contributed by atoms with Gasteiger partial charge in [-0.3, -0.25) is 0 Å². The normalized spacial score (nSPS) is 21.8. The van der Waals surface area contributed by atoms with Gasteiger partial charge in [-0.25, -0.2) is 0 Å². The summed E-state index contributed by atoms with van der Waals surface area (Å²) < 4.78 is 6.23. The van der Waals surface area contributed by atoms with Crippen molar-refractivity contribution in [3.05, 3.63) is 23.8 Å². The lowest BCUT2D eigenvalue weighted by Crippen LogP contribution is -2.36. The van der Waals surface area contributed by atoms with Crippen molar-refractivity contribution in [3.63, 3.8) is 0 Å². The Labute approximate surface area is 105 Å². The van der Waals surface area contributed by atoms with Crippen LogP contribution in [0.3, 0.4) is 0 Å². The summed E-state index contributed by atoms with van der Waals surface area (Å²) in [6.45, 7) is 11.2. The van der Waals surface area contributed by atoms with Gasteiger partial charge in [0, 0.05) is 5.69 Å². The van der Waals surface area contributed by atoms with Gasteiger partial charge in [-0.05, 0) is 50.1 Å². The summed E-state index contributed by atoms with van der Waals surface area (Å²) in [7, 11) is 0. The Hall–Kier alpha value is -0.955. The molecule has 1 aliphatic heterocycles. The Kier molecular flexibility index (Phi) is 2.77. The van der Waals surface area contributed by atoms with Crippen molar-refractivity contribution in [2.75, 3.05) is 5.73 Å². The number of hydrogen-bond acceptors (Lipinski definition) is 2. The SMILES string of the molecule is Cc1ccc(N)cc1B1CC(C)(C)C(C)(C)O1. The Morgan fingerprint density at radius 1 is 1.24 bits per heavy atom. The summed E-state index contributed by atoms with van der Waals surface area (Å²) in [6, 6.07) is 6.08. The maximum atomic E-state index is 6.23. The van der Waals surface area contributed by atoms with Gasteiger partial charge in [0.1, 0.15) is 0 Å². The molecule has 3 heteroatoms. The second-order valence-electron chi connectivity index (χ2n) is 6.32. The summed E-state index contributed by atoms with van der Waals surface area (Å²) >= 11 is 0. The Morgan fingerprint density at radius 3 is 2.41 bits per heavy atom. The van der Waals surface area contributed by atoms with Crippen LogP contribution in [0.4, 0.5) is 5.69 Å². The van der Waals surface area contributed by atoms with E-state index in [0.29, 0.717) is 0 Å². The van der Waals surface area contributed by atoms with Crippen LogP contribution in [0.25, 0.3) is 0 Å². The van der Waals surface area contributed by atoms with E-state index < -0.39 is 0 Å². The predicted octanol–water partition coefficient (Wildman–Crippen LogP) is 2.61. The highest BCUT2D eigenvalue weighted by Gasteiger charge is 2.50. The summed E-state index contributed by atoms with van der Waals surface area (Å²) in [5, 5.41) is 0. The lowest BCUT2D eigenvalue weighted by atomic mass is 9.53. The third-order valence-corrected chi connectivity index (χ3v) is 4.41. The van der Waals surface area contributed by atoms with Crippen LogP contribution in [0.2, 0.25) is 6.32 Å². The third-order valence-electron chi connectivity index (χ3n) is 4.41. The van der Waals surface area contributed by atoms with Crippen molar-refractivity contribution in [1.29, 1.82) is 0 Å². The molecule has 0 unspecified atom stereocenters. The molecule has 0 amide bonds. The van der Waals surface area contributed by atoms with Crippen LogP contribution in [0.1, 0.15) is 33.3 Å². The van der Waals surface area contributed by atoms with E-state index in [9.17, 15) is 0 Å². The second kappa shape index (κ2) is 3.77. The molecule has 17 heavy (non-hydrogen) atoms. The second-order valence-corrected chi connectivity index (χ2v) is 6.32. The number of nitrogens with two attached hydrogens (primary N) is 1. The highest BCUT2D eigenvalue weighted by molar-refractivity contribution is 6.68. The highest BCUT2D eigenvalue weighted by Crippen LogP contribution is 2.45. The molecule has 1 aliphatic rings. The van der Waals surface area contributed by atoms with Crippen molar-refractivity contribution in [1.82, 2.24) is 0 Å². The molecule has 0 spiro atoms. The number of aryl methyl sites for hydroxylation is 1. The van der Waals surface area contributed by atoms with Crippen LogP contribution in [0, 0.1) is 12.3 Å². The van der Waals surface area contributed by atoms with Crippen LogP contribution < -0.4 is 11.2 Å². The third kappa shape index (κ3) is 2.08. The molecule has 0 saturated carbocycles. The van der Waals surface area contributed by atoms with E-state index in [1.165, 1.54) is 11.0 Å². The standard InChI is InChI=1S/C14H22BNO/c1-10-6-7-11(16)8-12(10)15-9-13(2,3)14(4,5)17-15/h6-8H,9,16H2,1-5H3. The van der Waals surface area contributed by atoms with Crippen LogP contribution in [0.15, 0.2) is 18.2 Å². The fourth-order valence-electron chi connectivity index (χ4n) is 2.45. The van der Waals surface area contributed by atoms with E-state index in [0.717, 1.165) is 12.0 Å². The molecule has 2 rings (SSSR count). The molecular formula is C14H22BNO. The number of nitrogen functional groups attached to an aromatic ring is 1. The first-order chi connectivity index (χ1) is 7.73. The minimum absolute atomic E-state index is 0.0886. The molecule has 0 atom stereocenters. The van der Waals surface area contributed by atoms with Gasteiger partial charge in [0.2, 0.25) is 0 Å². The smallest absolute Gasteiger partial charge is 0.328 e. The molecule has 2 nitrogen and oxygen atoms in total. The fraction of sp³-hybridized carbons (Fsp3) is 0.571. The van der Waals surface area contributed by atoms with E-state index in [1.807, 2.05) is 6.07 Å². The zero-order chi connectivity index (χ0) is 12.8. The zero-order valence-electron chi connectivity index (χ0n) is 11.5. The van der Waals surface area contributed by atoms with Crippen LogP contribution in [0.5, 0.6) is 0 Å². The van der Waals surface area contributed by atoms with Crippen LogP contribution >= 0.6 is 0 Å². The van der Waals surface area contributed by atoms with Crippen molar-refractivity contribution in [3.8, 4) is 0 Å². The van der Waals surface area contributed by atoms with Crippen LogP contribution in [-0.2, 0) is 4.65 Å². The van der Waals surface area contributed by atoms with Gasteiger partial charge in [0.25, 0.3) is 0 Å². The summed E-state index contributed by atoms with van der Waals surface area (Å²) in [4.78, 5) is 0. The van der Waals surface area contributed by atoms with Gasteiger partial charge in [-0.1, -0.05) is 25.5 Å². The summed E-state index contributed by atoms with van der Waals surface area (Å²) in [5.74, 6) is 0. The molecule has 92 valence electrons. The number of rotatable bonds is 1. The van der Waals surface area contributed by atoms with Crippen molar-refractivity contribution in [2.24, 2.45) is 5.41 Å². The zero-order valence-corrected chi connectivity index (χ0v) is 11.5. The number of benzene rings is 1. The first-order valence-electron chi connectivity index (χ1n) is 6.27. The Bertz CT molecular complexity index is 424. The van der Waals surface area contributed by atoms with Gasteiger partial charge in [-0.15, -0.1) is 0 Å². The van der Waals surface area contributed by atoms with Crippen LogP contribution in [-0.4, -0.2) is 12.5 Å². The van der Waals surface area contributed by atoms with E-state index in [1.54, 1.807) is 0 Å². The van der Waals surface area contributed by atoms with Crippen molar-refractivity contribution >= 4 is 18.1 Å². The van der Waals surface area contributed by atoms with E-state index in [-0.39, 0.29) is 17.9 Å². The molecular weight excluding hydrogens is 209 g/mol. The molecule has 0 aromatic heterocycles. The Balaban J connectivity index is 2.35. The number of hydrogen-bond donors (Lipinski definition) is 1. The minimum atomic E-state index is -0.0886. The van der Waals surface area contributed by atoms with Crippen molar-refractivity contribution < 1.29 is 4.65 Å². The quantitative estimate of drug-likeness (QED) is 0.595. The van der Waals surface area contributed by atoms with E-state index in [4.69, 9.17) is 10.4 Å². The molecule has 1 saturated heterocycles. The maximum absolute atomic E-state index is 6.23. The fourth-order valence-corrected chi connectivity index (χ4v) is 2.45. The van der Waals surface area contributed by atoms with Gasteiger partial charge < -0.3 is 10.4 Å². The molecule has 1 aromatic carbocycles. The first kappa shape index (κ1) is 12.5. The molecule has 1 heterocycles. The molecule has 1 aromatic rings. The predicted molar refractivity (Wildman–Crippen MR) is 74.7 cm³/mol. The summed E-state index contributed by atoms with van der Waals surface area (Å²) in [5.41, 5.74) is 9.29. The van der Waals surface area contributed by atoms with Gasteiger partial charge in [0.05, 0.1) is 5.60 Å². The van der Waals surface area contributed by atoms with Gasteiger partial charge in [-0.2, -0.15) is 0 Å². The molecule has 2 N–H and O–H groups in total. The molecule has 0 radical (unpaired) electrons. The summed E-state index contributed by atoms with van der Waals surface area (Å²) in [6.07, 6.45) is 1.05. The van der Waals surface area contributed by atoms with Gasteiger partial charge in [0.15, 0.2) is 0 Å².